The summed E-state index contributed by atoms with van der Waals surface area (Å²) in [5.41, 5.74) is 4.85. The first-order valence-electron chi connectivity index (χ1n) is 7.75. The molecule has 0 aromatic carbocycles. The van der Waals surface area contributed by atoms with Gasteiger partial charge in [0.1, 0.15) is 0 Å². The van der Waals surface area contributed by atoms with E-state index in [2.05, 4.69) is 53.9 Å². The molecule has 0 spiro atoms. The maximum Gasteiger partial charge on any atom is -0.0244 e. The van der Waals surface area contributed by atoms with E-state index >= 15 is 0 Å². The Morgan fingerprint density at radius 3 is 2.28 bits per heavy atom. The van der Waals surface area contributed by atoms with Crippen molar-refractivity contribution in [2.75, 3.05) is 0 Å². The van der Waals surface area contributed by atoms with Crippen molar-refractivity contribution in [3.63, 3.8) is 0 Å². The number of hydrogen-bond acceptors (Lipinski definition) is 0. The predicted molar refractivity (Wildman–Crippen MR) is 83.8 cm³/mol. The molecule has 2 unspecified atom stereocenters. The van der Waals surface area contributed by atoms with Gasteiger partial charge in [0.05, 0.1) is 0 Å². The first-order valence-corrected chi connectivity index (χ1v) is 7.75. The summed E-state index contributed by atoms with van der Waals surface area (Å²) in [6, 6.07) is 0. The molecule has 0 aliphatic carbocycles. The molecule has 0 bridgehead atoms. The van der Waals surface area contributed by atoms with Crippen molar-refractivity contribution in [2.45, 2.75) is 80.1 Å². The third-order valence-electron chi connectivity index (χ3n) is 4.78. The van der Waals surface area contributed by atoms with Crippen LogP contribution in [-0.4, -0.2) is 0 Å². The van der Waals surface area contributed by atoms with Gasteiger partial charge in [-0.2, -0.15) is 0 Å². The molecule has 0 N–H and O–H groups in total. The molecule has 0 aromatic rings. The largest absolute Gasteiger partial charge is 0.130 e. The Balaban J connectivity index is 4.52. The maximum absolute atomic E-state index is 3.73. The Morgan fingerprint density at radius 2 is 1.89 bits per heavy atom. The number of rotatable bonds is 9. The number of hydrogen-bond donors (Lipinski definition) is 0. The van der Waals surface area contributed by atoms with Crippen LogP contribution in [0, 0.1) is 17.3 Å². The van der Waals surface area contributed by atoms with Gasteiger partial charge in [-0.3, -0.25) is 0 Å². The van der Waals surface area contributed by atoms with Gasteiger partial charge < -0.3 is 0 Å². The van der Waals surface area contributed by atoms with Gasteiger partial charge in [0, 0.05) is 0 Å². The van der Waals surface area contributed by atoms with Gasteiger partial charge in [0.25, 0.3) is 0 Å². The number of allylic oxidation sites excluding steroid dienone is 1. The molecule has 0 fully saturated rings. The zero-order valence-corrected chi connectivity index (χ0v) is 13.6. The molecule has 0 radical (unpaired) electrons. The van der Waals surface area contributed by atoms with Crippen molar-refractivity contribution in [3.8, 4) is 0 Å². The predicted octanol–water partition coefficient (Wildman–Crippen LogP) is 6.38. The lowest BCUT2D eigenvalue weighted by atomic mass is 9.69. The summed E-state index contributed by atoms with van der Waals surface area (Å²) in [6.07, 6.45) is 7.81. The first-order chi connectivity index (χ1) is 8.39. The highest BCUT2D eigenvalue weighted by Crippen LogP contribution is 2.40. The molecule has 0 nitrogen and oxygen atoms in total. The van der Waals surface area contributed by atoms with E-state index in [-0.39, 0.29) is 0 Å². The molecule has 0 saturated carbocycles. The van der Waals surface area contributed by atoms with E-state index in [4.69, 9.17) is 0 Å². The maximum atomic E-state index is 3.73. The quantitative estimate of drug-likeness (QED) is 0.417. The average Bonchev–Trinajstić information content (AvgIpc) is 2.34. The molecule has 0 heteroatoms. The second-order valence-corrected chi connectivity index (χ2v) is 6.53. The van der Waals surface area contributed by atoms with Crippen LogP contribution in [0.15, 0.2) is 17.9 Å². The molecule has 18 heavy (non-hydrogen) atoms. The van der Waals surface area contributed by atoms with E-state index in [9.17, 15) is 0 Å². The van der Waals surface area contributed by atoms with E-state index in [1.54, 1.807) is 0 Å². The molecule has 0 saturated heterocycles. The molecule has 0 heterocycles. The van der Waals surface area contributed by atoms with Gasteiger partial charge in [0.2, 0.25) is 0 Å². The minimum Gasteiger partial charge on any atom is -0.130 e. The topological polar surface area (TPSA) is 0 Å². The van der Waals surface area contributed by atoms with Crippen LogP contribution >= 0.6 is 0 Å². The monoisotopic (exact) mass is 250 g/mol. The van der Waals surface area contributed by atoms with Crippen LogP contribution < -0.4 is 0 Å². The molecule has 0 rings (SSSR count). The van der Waals surface area contributed by atoms with Crippen LogP contribution in [0.4, 0.5) is 0 Å². The van der Waals surface area contributed by atoms with Crippen molar-refractivity contribution in [3.05, 3.63) is 17.9 Å². The van der Waals surface area contributed by atoms with Gasteiger partial charge in [0.15, 0.2) is 0 Å². The van der Waals surface area contributed by atoms with E-state index in [0.717, 1.165) is 11.8 Å². The summed E-state index contributed by atoms with van der Waals surface area (Å²) in [6.45, 7) is 17.8. The molecule has 0 aromatic heterocycles. The van der Waals surface area contributed by atoms with E-state index < -0.39 is 0 Å². The molecule has 2 atom stereocenters. The molecular formula is C18H34. The Labute approximate surface area is 116 Å². The molecule has 0 aliphatic rings. The Hall–Kier alpha value is -0.480. The van der Waals surface area contributed by atoms with Gasteiger partial charge in [-0.05, 0) is 55.4 Å². The summed E-state index contributed by atoms with van der Waals surface area (Å²) in [7, 11) is 0. The fourth-order valence-electron chi connectivity index (χ4n) is 2.82. The zero-order chi connectivity index (χ0) is 14.2. The fraction of sp³-hybridized carbons (Fsp3) is 0.833. The second kappa shape index (κ2) is 8.59. The summed E-state index contributed by atoms with van der Waals surface area (Å²) in [5.74, 6) is 1.63. The Morgan fingerprint density at radius 1 is 1.28 bits per heavy atom. The highest BCUT2D eigenvalue weighted by atomic mass is 14.3. The molecule has 106 valence electrons. The van der Waals surface area contributed by atoms with E-state index in [1.807, 2.05) is 0 Å². The third-order valence-corrected chi connectivity index (χ3v) is 4.78. The smallest absolute Gasteiger partial charge is 0.0244 e. The summed E-state index contributed by atoms with van der Waals surface area (Å²) in [5, 5.41) is 0. The van der Waals surface area contributed by atoms with Gasteiger partial charge in [-0.25, -0.2) is 0 Å². The SMILES string of the molecule is C=C=C(C)CCC(CC)CC(C)(CCC)C(C)C. The van der Waals surface area contributed by atoms with Crippen molar-refractivity contribution in [2.24, 2.45) is 17.3 Å². The van der Waals surface area contributed by atoms with Crippen LogP contribution in [0.2, 0.25) is 0 Å². The molecular weight excluding hydrogens is 216 g/mol. The standard InChI is InChI=1S/C18H34/c1-8-13-18(7,15(4)5)14-17(10-3)12-11-16(6)9-2/h15,17H,2,8,10-14H2,1,3-7H3. The summed E-state index contributed by atoms with van der Waals surface area (Å²) in [4.78, 5) is 0. The van der Waals surface area contributed by atoms with E-state index in [1.165, 1.54) is 44.1 Å². The van der Waals surface area contributed by atoms with Crippen molar-refractivity contribution in [1.82, 2.24) is 0 Å². The minimum absolute atomic E-state index is 0.515. The Bertz CT molecular complexity index is 268. The zero-order valence-electron chi connectivity index (χ0n) is 13.6. The molecule has 0 aliphatic heterocycles. The minimum atomic E-state index is 0.515. The lowest BCUT2D eigenvalue weighted by molar-refractivity contribution is 0.140. The third kappa shape index (κ3) is 5.91. The highest BCUT2D eigenvalue weighted by molar-refractivity contribution is 4.94. The molecule has 0 amide bonds. The second-order valence-electron chi connectivity index (χ2n) is 6.53. The normalized spacial score (nSPS) is 16.2. The van der Waals surface area contributed by atoms with Crippen LogP contribution in [0.5, 0.6) is 0 Å². The Kier molecular flexibility index (Phi) is 8.36. The van der Waals surface area contributed by atoms with Crippen LogP contribution in [0.1, 0.15) is 80.1 Å². The van der Waals surface area contributed by atoms with Crippen LogP contribution in [-0.2, 0) is 0 Å². The van der Waals surface area contributed by atoms with Gasteiger partial charge in [-0.15, -0.1) is 5.73 Å². The first kappa shape index (κ1) is 17.5. The van der Waals surface area contributed by atoms with E-state index in [0.29, 0.717) is 5.41 Å². The van der Waals surface area contributed by atoms with Crippen LogP contribution in [0.25, 0.3) is 0 Å². The van der Waals surface area contributed by atoms with Crippen molar-refractivity contribution in [1.29, 1.82) is 0 Å². The summed E-state index contributed by atoms with van der Waals surface area (Å²) < 4.78 is 0. The van der Waals surface area contributed by atoms with Crippen LogP contribution in [0.3, 0.4) is 0 Å². The lowest BCUT2D eigenvalue weighted by Crippen LogP contribution is -2.26. The summed E-state index contributed by atoms with van der Waals surface area (Å²) >= 11 is 0. The van der Waals surface area contributed by atoms with Gasteiger partial charge in [-0.1, -0.05) is 54.0 Å². The fourth-order valence-corrected chi connectivity index (χ4v) is 2.82. The van der Waals surface area contributed by atoms with Gasteiger partial charge >= 0.3 is 0 Å². The highest BCUT2D eigenvalue weighted by Gasteiger charge is 2.29. The lowest BCUT2D eigenvalue weighted by Gasteiger charge is -2.37. The average molecular weight is 250 g/mol. The van der Waals surface area contributed by atoms with Crippen molar-refractivity contribution >= 4 is 0 Å². The van der Waals surface area contributed by atoms with Crippen molar-refractivity contribution < 1.29 is 0 Å².